The SMILES string of the molecule is O=C(O)c1ccc2oc(-c3ccc(/C=C/c4ccc5ccccc5n4)cc3)cc(=O)c2c1. The number of carbonyl (C=O) groups is 1. The number of aromatic nitrogens is 1. The van der Waals surface area contributed by atoms with Crippen molar-refractivity contribution < 1.29 is 14.3 Å². The van der Waals surface area contributed by atoms with Crippen LogP contribution in [-0.4, -0.2) is 16.1 Å². The lowest BCUT2D eigenvalue weighted by Crippen LogP contribution is -2.03. The van der Waals surface area contributed by atoms with Crippen molar-refractivity contribution in [2.75, 3.05) is 0 Å². The molecule has 154 valence electrons. The highest BCUT2D eigenvalue weighted by Crippen LogP contribution is 2.24. The third-order valence-corrected chi connectivity index (χ3v) is 5.24. The summed E-state index contributed by atoms with van der Waals surface area (Å²) in [7, 11) is 0. The molecule has 5 heteroatoms. The average Bonchev–Trinajstić information content (AvgIpc) is 2.82. The average molecular weight is 419 g/mol. The van der Waals surface area contributed by atoms with Gasteiger partial charge in [0.1, 0.15) is 11.3 Å². The lowest BCUT2D eigenvalue weighted by molar-refractivity contribution is 0.0697. The van der Waals surface area contributed by atoms with E-state index in [-0.39, 0.29) is 16.4 Å². The zero-order valence-electron chi connectivity index (χ0n) is 16.9. The molecule has 3 aromatic carbocycles. The van der Waals surface area contributed by atoms with Crippen molar-refractivity contribution in [3.63, 3.8) is 0 Å². The molecule has 0 bridgehead atoms. The van der Waals surface area contributed by atoms with Crippen LogP contribution in [0.25, 0.3) is 45.3 Å². The number of para-hydroxylation sites is 1. The molecule has 5 nitrogen and oxygen atoms in total. The Morgan fingerprint density at radius 1 is 0.875 bits per heavy atom. The third kappa shape index (κ3) is 3.79. The first kappa shape index (κ1) is 19.5. The van der Waals surface area contributed by atoms with Gasteiger partial charge in [-0.05, 0) is 42.0 Å². The summed E-state index contributed by atoms with van der Waals surface area (Å²) in [6.45, 7) is 0. The number of hydrogen-bond acceptors (Lipinski definition) is 4. The molecule has 0 atom stereocenters. The molecule has 0 aliphatic heterocycles. The number of aromatic carboxylic acids is 1. The summed E-state index contributed by atoms with van der Waals surface area (Å²) < 4.78 is 5.85. The van der Waals surface area contributed by atoms with E-state index in [2.05, 4.69) is 4.98 Å². The number of nitrogens with zero attached hydrogens (tertiary/aromatic N) is 1. The van der Waals surface area contributed by atoms with E-state index in [1.807, 2.05) is 72.8 Å². The Kier molecular flexibility index (Phi) is 4.84. The fraction of sp³-hybridized carbons (Fsp3) is 0. The molecule has 0 spiro atoms. The fourth-order valence-electron chi connectivity index (χ4n) is 3.55. The van der Waals surface area contributed by atoms with E-state index in [0.717, 1.165) is 27.7 Å². The molecule has 2 heterocycles. The molecule has 0 unspecified atom stereocenters. The molecular formula is C27H17NO4. The summed E-state index contributed by atoms with van der Waals surface area (Å²) in [4.78, 5) is 28.3. The quantitative estimate of drug-likeness (QED) is 0.394. The molecule has 1 N–H and O–H groups in total. The van der Waals surface area contributed by atoms with Gasteiger partial charge in [0.2, 0.25) is 0 Å². The molecule has 2 aromatic heterocycles. The first-order valence-corrected chi connectivity index (χ1v) is 10.0. The van der Waals surface area contributed by atoms with Crippen molar-refractivity contribution in [1.82, 2.24) is 4.98 Å². The van der Waals surface area contributed by atoms with Crippen LogP contribution < -0.4 is 5.43 Å². The van der Waals surface area contributed by atoms with Gasteiger partial charge in [-0.25, -0.2) is 9.78 Å². The fourth-order valence-corrected chi connectivity index (χ4v) is 3.55. The predicted molar refractivity (Wildman–Crippen MR) is 126 cm³/mol. The van der Waals surface area contributed by atoms with Crippen molar-refractivity contribution in [2.45, 2.75) is 0 Å². The van der Waals surface area contributed by atoms with Crippen molar-refractivity contribution in [3.05, 3.63) is 112 Å². The first-order chi connectivity index (χ1) is 15.6. The van der Waals surface area contributed by atoms with Gasteiger partial charge in [-0.1, -0.05) is 54.6 Å². The molecule has 5 aromatic rings. The third-order valence-electron chi connectivity index (χ3n) is 5.24. The Bertz CT molecular complexity index is 1560. The Balaban J connectivity index is 1.42. The zero-order chi connectivity index (χ0) is 22.1. The largest absolute Gasteiger partial charge is 0.478 e. The summed E-state index contributed by atoms with van der Waals surface area (Å²) >= 11 is 0. The van der Waals surface area contributed by atoms with Crippen LogP contribution in [0.1, 0.15) is 21.6 Å². The summed E-state index contributed by atoms with van der Waals surface area (Å²) in [5.74, 6) is -0.657. The molecule has 0 aliphatic carbocycles. The second-order valence-corrected chi connectivity index (χ2v) is 7.38. The van der Waals surface area contributed by atoms with Gasteiger partial charge in [0, 0.05) is 17.0 Å². The second kappa shape index (κ2) is 7.96. The van der Waals surface area contributed by atoms with Gasteiger partial charge in [0.25, 0.3) is 0 Å². The summed E-state index contributed by atoms with van der Waals surface area (Å²) in [6.07, 6.45) is 3.93. The topological polar surface area (TPSA) is 80.4 Å². The molecule has 0 amide bonds. The number of carboxylic acid groups (broad SMARTS) is 1. The minimum absolute atomic E-state index is 0.0505. The Morgan fingerprint density at radius 2 is 1.69 bits per heavy atom. The lowest BCUT2D eigenvalue weighted by Gasteiger charge is -2.05. The minimum Gasteiger partial charge on any atom is -0.478 e. The van der Waals surface area contributed by atoms with Gasteiger partial charge < -0.3 is 9.52 Å². The molecule has 0 saturated heterocycles. The van der Waals surface area contributed by atoms with E-state index in [9.17, 15) is 9.59 Å². The van der Waals surface area contributed by atoms with E-state index in [1.54, 1.807) is 0 Å². The van der Waals surface area contributed by atoms with E-state index in [0.29, 0.717) is 11.3 Å². The number of benzene rings is 3. The van der Waals surface area contributed by atoms with Crippen LogP contribution >= 0.6 is 0 Å². The molecule has 32 heavy (non-hydrogen) atoms. The molecular weight excluding hydrogens is 402 g/mol. The van der Waals surface area contributed by atoms with Crippen molar-refractivity contribution in [2.24, 2.45) is 0 Å². The standard InChI is InChI=1S/C27H17NO4/c29-24-16-26(32-25-14-11-20(27(30)31)15-22(24)25)19-8-5-17(6-9-19)7-12-21-13-10-18-3-1-2-4-23(18)28-21/h1-16H,(H,30,31)/b12-7+. The van der Waals surface area contributed by atoms with E-state index in [4.69, 9.17) is 9.52 Å². The number of fused-ring (bicyclic) bond motifs is 2. The maximum Gasteiger partial charge on any atom is 0.335 e. The van der Waals surface area contributed by atoms with Crippen LogP contribution in [0.4, 0.5) is 0 Å². The second-order valence-electron chi connectivity index (χ2n) is 7.38. The Morgan fingerprint density at radius 3 is 2.50 bits per heavy atom. The maximum atomic E-state index is 12.5. The Labute approximate surface area is 182 Å². The monoisotopic (exact) mass is 419 g/mol. The summed E-state index contributed by atoms with van der Waals surface area (Å²) in [5.41, 5.74) is 3.68. The van der Waals surface area contributed by atoms with Crippen LogP contribution in [0.2, 0.25) is 0 Å². The number of rotatable bonds is 4. The highest BCUT2D eigenvalue weighted by Gasteiger charge is 2.10. The molecule has 0 saturated carbocycles. The van der Waals surface area contributed by atoms with Gasteiger partial charge in [0.15, 0.2) is 5.43 Å². The highest BCUT2D eigenvalue weighted by molar-refractivity contribution is 5.93. The van der Waals surface area contributed by atoms with Gasteiger partial charge in [-0.3, -0.25) is 4.79 Å². The van der Waals surface area contributed by atoms with E-state index >= 15 is 0 Å². The maximum absolute atomic E-state index is 12.5. The zero-order valence-corrected chi connectivity index (χ0v) is 16.9. The van der Waals surface area contributed by atoms with Gasteiger partial charge in [-0.2, -0.15) is 0 Å². The van der Waals surface area contributed by atoms with Crippen LogP contribution in [0, 0.1) is 0 Å². The van der Waals surface area contributed by atoms with Crippen LogP contribution in [0.5, 0.6) is 0 Å². The minimum atomic E-state index is -1.09. The summed E-state index contributed by atoms with van der Waals surface area (Å²) in [5, 5.41) is 10.5. The normalized spacial score (nSPS) is 11.4. The highest BCUT2D eigenvalue weighted by atomic mass is 16.4. The van der Waals surface area contributed by atoms with Gasteiger partial charge in [0.05, 0.1) is 22.2 Å². The van der Waals surface area contributed by atoms with Gasteiger partial charge >= 0.3 is 5.97 Å². The summed E-state index contributed by atoms with van der Waals surface area (Å²) in [6, 6.07) is 25.3. The smallest absolute Gasteiger partial charge is 0.335 e. The van der Waals surface area contributed by atoms with Crippen molar-refractivity contribution >= 4 is 40.0 Å². The number of carboxylic acids is 1. The molecule has 0 aliphatic rings. The Hall–Kier alpha value is -4.51. The molecule has 0 fully saturated rings. The predicted octanol–water partition coefficient (Wildman–Crippen LogP) is 5.88. The molecule has 5 rings (SSSR count). The molecule has 0 radical (unpaired) electrons. The van der Waals surface area contributed by atoms with Crippen molar-refractivity contribution in [3.8, 4) is 11.3 Å². The number of hydrogen-bond donors (Lipinski definition) is 1. The van der Waals surface area contributed by atoms with Crippen molar-refractivity contribution in [1.29, 1.82) is 0 Å². The van der Waals surface area contributed by atoms with Crippen LogP contribution in [-0.2, 0) is 0 Å². The first-order valence-electron chi connectivity index (χ1n) is 10.0. The van der Waals surface area contributed by atoms with Gasteiger partial charge in [-0.15, -0.1) is 0 Å². The van der Waals surface area contributed by atoms with E-state index < -0.39 is 5.97 Å². The van der Waals surface area contributed by atoms with Crippen LogP contribution in [0.15, 0.2) is 94.1 Å². The van der Waals surface area contributed by atoms with E-state index in [1.165, 1.54) is 24.3 Å². The lowest BCUT2D eigenvalue weighted by atomic mass is 10.1. The van der Waals surface area contributed by atoms with Crippen LogP contribution in [0.3, 0.4) is 0 Å². The number of pyridine rings is 1.